The molecule has 0 bridgehead atoms. The van der Waals surface area contributed by atoms with Crippen LogP contribution in [0.4, 0.5) is 0 Å². The molecule has 0 spiro atoms. The molecule has 0 radical (unpaired) electrons. The highest BCUT2D eigenvalue weighted by atomic mass is 16.4. The molecule has 1 aromatic carbocycles. The summed E-state index contributed by atoms with van der Waals surface area (Å²) < 4.78 is 0. The van der Waals surface area contributed by atoms with Gasteiger partial charge in [-0.2, -0.15) is 0 Å². The molecule has 1 rings (SSSR count). The van der Waals surface area contributed by atoms with Gasteiger partial charge in [-0.15, -0.1) is 0 Å². The Morgan fingerprint density at radius 1 is 1.11 bits per heavy atom. The third-order valence-corrected chi connectivity index (χ3v) is 3.14. The Bertz CT molecular complexity index is 398. The van der Waals surface area contributed by atoms with Gasteiger partial charge in [-0.25, -0.2) is 0 Å². The van der Waals surface area contributed by atoms with Crippen molar-refractivity contribution in [3.05, 3.63) is 34.9 Å². The van der Waals surface area contributed by atoms with Crippen LogP contribution in [0.5, 0.6) is 0 Å². The number of carboxylic acid groups (broad SMARTS) is 1. The van der Waals surface area contributed by atoms with Gasteiger partial charge in [-0.05, 0) is 34.9 Å². The standard InChI is InChI=1S/C15H23NO2/c1-9(2)12-5-11(7-14(16)15(17)18)6-13(8-12)10(3)4/h5-6,8-10,14H,7,16H2,1-4H3,(H,17,18)/t14-/m0/s1. The summed E-state index contributed by atoms with van der Waals surface area (Å²) in [6, 6.07) is 5.51. The van der Waals surface area contributed by atoms with Crippen LogP contribution in [0.1, 0.15) is 56.2 Å². The van der Waals surface area contributed by atoms with E-state index in [2.05, 4.69) is 45.9 Å². The zero-order valence-corrected chi connectivity index (χ0v) is 11.6. The van der Waals surface area contributed by atoms with Gasteiger partial charge < -0.3 is 10.8 Å². The third-order valence-electron chi connectivity index (χ3n) is 3.14. The Kier molecular flexibility index (Phi) is 4.91. The van der Waals surface area contributed by atoms with Gasteiger partial charge in [0, 0.05) is 0 Å². The van der Waals surface area contributed by atoms with E-state index >= 15 is 0 Å². The van der Waals surface area contributed by atoms with Crippen molar-refractivity contribution in [2.24, 2.45) is 5.73 Å². The Morgan fingerprint density at radius 2 is 1.56 bits per heavy atom. The van der Waals surface area contributed by atoms with Crippen molar-refractivity contribution in [1.29, 1.82) is 0 Å². The molecule has 0 aliphatic rings. The molecule has 0 heterocycles. The summed E-state index contributed by atoms with van der Waals surface area (Å²) in [6.07, 6.45) is 0.385. The summed E-state index contributed by atoms with van der Waals surface area (Å²) in [5.74, 6) is -0.0805. The van der Waals surface area contributed by atoms with Crippen LogP contribution in [0.25, 0.3) is 0 Å². The first kappa shape index (κ1) is 14.7. The lowest BCUT2D eigenvalue weighted by Gasteiger charge is -2.15. The maximum absolute atomic E-state index is 10.8. The second-order valence-electron chi connectivity index (χ2n) is 5.47. The van der Waals surface area contributed by atoms with Crippen LogP contribution in [0, 0.1) is 0 Å². The lowest BCUT2D eigenvalue weighted by atomic mass is 9.91. The number of rotatable bonds is 5. The van der Waals surface area contributed by atoms with E-state index < -0.39 is 12.0 Å². The highest BCUT2D eigenvalue weighted by Crippen LogP contribution is 2.24. The maximum atomic E-state index is 10.8. The minimum absolute atomic E-state index is 0.385. The number of aliphatic carboxylic acids is 1. The van der Waals surface area contributed by atoms with E-state index in [9.17, 15) is 4.79 Å². The van der Waals surface area contributed by atoms with Gasteiger partial charge in [0.1, 0.15) is 6.04 Å². The van der Waals surface area contributed by atoms with Gasteiger partial charge in [0.15, 0.2) is 0 Å². The fourth-order valence-electron chi connectivity index (χ4n) is 1.87. The van der Waals surface area contributed by atoms with Crippen molar-refractivity contribution < 1.29 is 9.90 Å². The van der Waals surface area contributed by atoms with Crippen molar-refractivity contribution >= 4 is 5.97 Å². The van der Waals surface area contributed by atoms with Crippen LogP contribution in [-0.2, 0) is 11.2 Å². The molecule has 3 N–H and O–H groups in total. The molecule has 3 heteroatoms. The second-order valence-corrected chi connectivity index (χ2v) is 5.47. The number of benzene rings is 1. The SMILES string of the molecule is CC(C)c1cc(C[C@H](N)C(=O)O)cc(C(C)C)c1. The normalized spacial score (nSPS) is 13.1. The first-order chi connectivity index (χ1) is 8.31. The van der Waals surface area contributed by atoms with E-state index in [-0.39, 0.29) is 0 Å². The van der Waals surface area contributed by atoms with Gasteiger partial charge in [0.25, 0.3) is 0 Å². The minimum atomic E-state index is -0.948. The Balaban J connectivity index is 3.07. The largest absolute Gasteiger partial charge is 0.480 e. The molecule has 0 saturated heterocycles. The smallest absolute Gasteiger partial charge is 0.320 e. The van der Waals surface area contributed by atoms with Crippen LogP contribution in [0.15, 0.2) is 18.2 Å². The molecular weight excluding hydrogens is 226 g/mol. The number of carbonyl (C=O) groups is 1. The third kappa shape index (κ3) is 3.84. The van der Waals surface area contributed by atoms with Gasteiger partial charge >= 0.3 is 5.97 Å². The molecule has 0 fully saturated rings. The molecular formula is C15H23NO2. The topological polar surface area (TPSA) is 63.3 Å². The summed E-state index contributed by atoms with van der Waals surface area (Å²) >= 11 is 0. The van der Waals surface area contributed by atoms with E-state index in [4.69, 9.17) is 10.8 Å². The first-order valence-corrected chi connectivity index (χ1v) is 6.43. The minimum Gasteiger partial charge on any atom is -0.480 e. The molecule has 0 amide bonds. The lowest BCUT2D eigenvalue weighted by molar-refractivity contribution is -0.138. The van der Waals surface area contributed by atoms with Crippen molar-refractivity contribution in [2.45, 2.75) is 52.0 Å². The first-order valence-electron chi connectivity index (χ1n) is 6.43. The summed E-state index contributed by atoms with van der Waals surface area (Å²) in [5, 5.41) is 8.88. The van der Waals surface area contributed by atoms with Gasteiger partial charge in [0.2, 0.25) is 0 Å². The lowest BCUT2D eigenvalue weighted by Crippen LogP contribution is -2.32. The van der Waals surface area contributed by atoms with Crippen LogP contribution in [0.2, 0.25) is 0 Å². The van der Waals surface area contributed by atoms with Crippen LogP contribution in [0.3, 0.4) is 0 Å². The molecule has 0 unspecified atom stereocenters. The van der Waals surface area contributed by atoms with Gasteiger partial charge in [-0.3, -0.25) is 4.79 Å². The molecule has 0 aromatic heterocycles. The molecule has 0 aliphatic carbocycles. The van der Waals surface area contributed by atoms with Crippen LogP contribution < -0.4 is 5.73 Å². The van der Waals surface area contributed by atoms with E-state index in [0.29, 0.717) is 18.3 Å². The van der Waals surface area contributed by atoms with Gasteiger partial charge in [-0.1, -0.05) is 45.9 Å². The fourth-order valence-corrected chi connectivity index (χ4v) is 1.87. The highest BCUT2D eigenvalue weighted by Gasteiger charge is 2.14. The van der Waals surface area contributed by atoms with Gasteiger partial charge in [0.05, 0.1) is 0 Å². The highest BCUT2D eigenvalue weighted by molar-refractivity contribution is 5.73. The number of carboxylic acids is 1. The number of hydrogen-bond donors (Lipinski definition) is 2. The maximum Gasteiger partial charge on any atom is 0.320 e. The molecule has 1 atom stereocenters. The van der Waals surface area contributed by atoms with E-state index in [0.717, 1.165) is 5.56 Å². The average molecular weight is 249 g/mol. The zero-order valence-electron chi connectivity index (χ0n) is 11.6. The average Bonchev–Trinajstić information content (AvgIpc) is 2.28. The Hall–Kier alpha value is -1.35. The molecule has 18 heavy (non-hydrogen) atoms. The van der Waals surface area contributed by atoms with Crippen molar-refractivity contribution in [1.82, 2.24) is 0 Å². The van der Waals surface area contributed by atoms with E-state index in [1.54, 1.807) is 0 Å². The number of hydrogen-bond acceptors (Lipinski definition) is 2. The second kappa shape index (κ2) is 6.01. The molecule has 1 aromatic rings. The van der Waals surface area contributed by atoms with Crippen molar-refractivity contribution in [2.75, 3.05) is 0 Å². The van der Waals surface area contributed by atoms with Crippen molar-refractivity contribution in [3.63, 3.8) is 0 Å². The van der Waals surface area contributed by atoms with E-state index in [1.807, 2.05) is 0 Å². The monoisotopic (exact) mass is 249 g/mol. The molecule has 0 saturated carbocycles. The fraction of sp³-hybridized carbons (Fsp3) is 0.533. The summed E-state index contributed by atoms with van der Waals surface area (Å²) in [7, 11) is 0. The molecule has 0 aliphatic heterocycles. The predicted molar refractivity (Wildman–Crippen MR) is 73.9 cm³/mol. The van der Waals surface area contributed by atoms with E-state index in [1.165, 1.54) is 11.1 Å². The molecule has 3 nitrogen and oxygen atoms in total. The predicted octanol–water partition coefficient (Wildman–Crippen LogP) is 2.89. The van der Waals surface area contributed by atoms with Crippen molar-refractivity contribution in [3.8, 4) is 0 Å². The summed E-state index contributed by atoms with van der Waals surface area (Å²) in [5.41, 5.74) is 9.10. The Labute approximate surface area is 109 Å². The summed E-state index contributed by atoms with van der Waals surface area (Å²) in [6.45, 7) is 8.56. The summed E-state index contributed by atoms with van der Waals surface area (Å²) in [4.78, 5) is 10.8. The number of nitrogens with two attached hydrogens (primary N) is 1. The Morgan fingerprint density at radius 3 is 1.89 bits per heavy atom. The van der Waals surface area contributed by atoms with Crippen LogP contribution >= 0.6 is 0 Å². The quantitative estimate of drug-likeness (QED) is 0.843. The molecule has 100 valence electrons. The zero-order chi connectivity index (χ0) is 13.9. The van der Waals surface area contributed by atoms with Crippen LogP contribution in [-0.4, -0.2) is 17.1 Å².